The average Bonchev–Trinajstić information content (AvgIpc) is 2.83. The topological polar surface area (TPSA) is 95.2 Å². The van der Waals surface area contributed by atoms with Crippen LogP contribution in [0.3, 0.4) is 0 Å². The summed E-state index contributed by atoms with van der Waals surface area (Å²) in [4.78, 5) is 0. The molecule has 1 aromatic rings. The highest BCUT2D eigenvalue weighted by atomic mass is 79.9. The van der Waals surface area contributed by atoms with Gasteiger partial charge in [0.2, 0.25) is 0 Å². The standard InChI is InChI=1S/C15H5BrN4/c16-14-3-1-2-11-12(9(5-17)6-18)4-13(15(11)14)10(7-19)8-20/h1-3H,4H2. The second-order valence-electron chi connectivity index (χ2n) is 3.99. The molecule has 2 rings (SSSR count). The Labute approximate surface area is 124 Å². The zero-order valence-electron chi connectivity index (χ0n) is 10.1. The first-order valence-electron chi connectivity index (χ1n) is 5.53. The molecule has 0 radical (unpaired) electrons. The predicted molar refractivity (Wildman–Crippen MR) is 75.1 cm³/mol. The minimum Gasteiger partial charge on any atom is -0.192 e. The molecule has 0 unspecified atom stereocenters. The quantitative estimate of drug-likeness (QED) is 0.684. The van der Waals surface area contributed by atoms with Crippen LogP contribution in [0.1, 0.15) is 17.5 Å². The van der Waals surface area contributed by atoms with Gasteiger partial charge in [0.1, 0.15) is 35.4 Å². The van der Waals surface area contributed by atoms with Crippen LogP contribution in [0, 0.1) is 45.3 Å². The van der Waals surface area contributed by atoms with Gasteiger partial charge in [0.25, 0.3) is 0 Å². The van der Waals surface area contributed by atoms with Gasteiger partial charge in [-0.2, -0.15) is 21.0 Å². The maximum Gasteiger partial charge on any atom is 0.133 e. The number of fused-ring (bicyclic) bond motifs is 1. The van der Waals surface area contributed by atoms with E-state index in [1.165, 1.54) is 0 Å². The summed E-state index contributed by atoms with van der Waals surface area (Å²) in [7, 11) is 0. The van der Waals surface area contributed by atoms with E-state index in [1.807, 2.05) is 24.3 Å². The molecule has 0 saturated heterocycles. The van der Waals surface area contributed by atoms with Crippen LogP contribution in [0.15, 0.2) is 33.8 Å². The van der Waals surface area contributed by atoms with Crippen molar-refractivity contribution in [3.8, 4) is 24.3 Å². The van der Waals surface area contributed by atoms with Crippen LogP contribution >= 0.6 is 15.9 Å². The number of halogens is 1. The van der Waals surface area contributed by atoms with E-state index >= 15 is 0 Å². The van der Waals surface area contributed by atoms with Gasteiger partial charge in [-0.3, -0.25) is 0 Å². The molecule has 5 heteroatoms. The number of rotatable bonds is 0. The Bertz CT molecular complexity index is 801. The Kier molecular flexibility index (Phi) is 3.67. The largest absolute Gasteiger partial charge is 0.192 e. The summed E-state index contributed by atoms with van der Waals surface area (Å²) in [6, 6.07) is 12.8. The molecule has 0 bridgehead atoms. The molecule has 0 heterocycles. The first-order chi connectivity index (χ1) is 9.67. The van der Waals surface area contributed by atoms with Crippen molar-refractivity contribution in [1.29, 1.82) is 21.0 Å². The molecule has 20 heavy (non-hydrogen) atoms. The van der Waals surface area contributed by atoms with Crippen LogP contribution in [0.25, 0.3) is 11.1 Å². The fourth-order valence-electron chi connectivity index (χ4n) is 2.20. The summed E-state index contributed by atoms with van der Waals surface area (Å²) in [5.41, 5.74) is 2.55. The van der Waals surface area contributed by atoms with Crippen molar-refractivity contribution in [1.82, 2.24) is 0 Å². The van der Waals surface area contributed by atoms with Gasteiger partial charge in [0.15, 0.2) is 0 Å². The molecule has 92 valence electrons. The molecular weight excluding hydrogens is 316 g/mol. The van der Waals surface area contributed by atoms with Gasteiger partial charge in [-0.15, -0.1) is 0 Å². The van der Waals surface area contributed by atoms with Gasteiger partial charge in [-0.1, -0.05) is 28.1 Å². The van der Waals surface area contributed by atoms with Crippen molar-refractivity contribution in [2.75, 3.05) is 0 Å². The van der Waals surface area contributed by atoms with Gasteiger partial charge < -0.3 is 0 Å². The second-order valence-corrected chi connectivity index (χ2v) is 4.85. The molecule has 0 aromatic heterocycles. The number of hydrogen-bond donors (Lipinski definition) is 0. The Balaban J connectivity index is 2.90. The summed E-state index contributed by atoms with van der Waals surface area (Å²) in [5, 5.41) is 36.2. The summed E-state index contributed by atoms with van der Waals surface area (Å²) in [6.45, 7) is 0. The van der Waals surface area contributed by atoms with Crippen LogP contribution in [-0.2, 0) is 0 Å². The fraction of sp³-hybridized carbons (Fsp3) is 0.0667. The van der Waals surface area contributed by atoms with E-state index in [2.05, 4.69) is 15.9 Å². The third-order valence-corrected chi connectivity index (χ3v) is 3.71. The molecule has 0 spiro atoms. The lowest BCUT2D eigenvalue weighted by molar-refractivity contribution is 1.40. The smallest absolute Gasteiger partial charge is 0.133 e. The number of benzene rings is 1. The summed E-state index contributed by atoms with van der Waals surface area (Å²) < 4.78 is 0.734. The Morgan fingerprint density at radius 3 is 2.00 bits per heavy atom. The number of nitrogens with zero attached hydrogens (tertiary/aromatic N) is 4. The Hall–Kier alpha value is -2.86. The Morgan fingerprint density at radius 1 is 0.900 bits per heavy atom. The molecule has 4 nitrogen and oxygen atoms in total. The van der Waals surface area contributed by atoms with Crippen molar-refractivity contribution in [3.63, 3.8) is 0 Å². The Morgan fingerprint density at radius 2 is 1.45 bits per heavy atom. The molecule has 0 aliphatic heterocycles. The lowest BCUT2D eigenvalue weighted by Gasteiger charge is -2.03. The number of nitriles is 4. The van der Waals surface area contributed by atoms with E-state index in [9.17, 15) is 0 Å². The monoisotopic (exact) mass is 320 g/mol. The van der Waals surface area contributed by atoms with Crippen molar-refractivity contribution in [2.45, 2.75) is 6.42 Å². The third-order valence-electron chi connectivity index (χ3n) is 3.04. The first kappa shape index (κ1) is 13.6. The minimum atomic E-state index is 0.00313. The first-order valence-corrected chi connectivity index (χ1v) is 6.33. The summed E-state index contributed by atoms with van der Waals surface area (Å²) >= 11 is 3.39. The second kappa shape index (κ2) is 5.41. The van der Waals surface area contributed by atoms with E-state index in [-0.39, 0.29) is 17.6 Å². The fourth-order valence-corrected chi connectivity index (χ4v) is 2.80. The molecule has 1 aliphatic rings. The average molecular weight is 321 g/mol. The molecule has 0 saturated carbocycles. The molecule has 1 aromatic carbocycles. The number of hydrogen-bond acceptors (Lipinski definition) is 4. The highest BCUT2D eigenvalue weighted by molar-refractivity contribution is 9.10. The van der Waals surface area contributed by atoms with E-state index in [0.29, 0.717) is 16.7 Å². The van der Waals surface area contributed by atoms with Crippen LogP contribution in [-0.4, -0.2) is 0 Å². The highest BCUT2D eigenvalue weighted by Crippen LogP contribution is 2.46. The third kappa shape index (κ3) is 1.98. The minimum absolute atomic E-state index is 0.00313. The molecule has 0 fully saturated rings. The SMILES string of the molecule is N#CC(C#N)=C1CC(=C(C#N)C#N)c2c(Br)cccc21. The molecule has 0 atom stereocenters. The highest BCUT2D eigenvalue weighted by Gasteiger charge is 2.28. The normalized spacial score (nSPS) is 11.7. The van der Waals surface area contributed by atoms with Crippen LogP contribution in [0.5, 0.6) is 0 Å². The van der Waals surface area contributed by atoms with E-state index < -0.39 is 0 Å². The van der Waals surface area contributed by atoms with E-state index in [1.54, 1.807) is 18.2 Å². The van der Waals surface area contributed by atoms with E-state index in [0.717, 1.165) is 10.0 Å². The van der Waals surface area contributed by atoms with Gasteiger partial charge in [0.05, 0.1) is 0 Å². The molecule has 0 amide bonds. The van der Waals surface area contributed by atoms with Crippen LogP contribution in [0.4, 0.5) is 0 Å². The van der Waals surface area contributed by atoms with Gasteiger partial charge in [0, 0.05) is 16.5 Å². The zero-order chi connectivity index (χ0) is 14.7. The van der Waals surface area contributed by atoms with Crippen molar-refractivity contribution in [2.24, 2.45) is 0 Å². The van der Waals surface area contributed by atoms with Crippen molar-refractivity contribution in [3.05, 3.63) is 44.9 Å². The molecular formula is C15H5BrN4. The summed E-state index contributed by atoms with van der Waals surface area (Å²) in [5.74, 6) is 0. The van der Waals surface area contributed by atoms with Gasteiger partial charge in [-0.25, -0.2) is 0 Å². The van der Waals surface area contributed by atoms with Crippen LogP contribution in [0.2, 0.25) is 0 Å². The van der Waals surface area contributed by atoms with Gasteiger partial charge >= 0.3 is 0 Å². The van der Waals surface area contributed by atoms with Crippen molar-refractivity contribution < 1.29 is 0 Å². The zero-order valence-corrected chi connectivity index (χ0v) is 11.7. The lowest BCUT2D eigenvalue weighted by Crippen LogP contribution is -1.86. The lowest BCUT2D eigenvalue weighted by atomic mass is 10.0. The van der Waals surface area contributed by atoms with Crippen molar-refractivity contribution >= 4 is 27.1 Å². The summed E-state index contributed by atoms with van der Waals surface area (Å²) in [6.07, 6.45) is 0.241. The van der Waals surface area contributed by atoms with E-state index in [4.69, 9.17) is 21.0 Å². The maximum atomic E-state index is 9.05. The number of allylic oxidation sites excluding steroid dienone is 4. The van der Waals surface area contributed by atoms with Crippen LogP contribution < -0.4 is 0 Å². The maximum absolute atomic E-state index is 9.05. The predicted octanol–water partition coefficient (Wildman–Crippen LogP) is 3.45. The molecule has 1 aliphatic carbocycles. The van der Waals surface area contributed by atoms with Gasteiger partial charge in [-0.05, 0) is 22.8 Å². The molecule has 0 N–H and O–H groups in total.